The molecule has 0 amide bonds. The SMILES string of the molecule is CC(C)Oc1ccc(-c2ccc(C(F)(F)F)cc2)cc1N. The van der Waals surface area contributed by atoms with Crippen molar-refractivity contribution in [1.82, 2.24) is 0 Å². The lowest BCUT2D eigenvalue weighted by Gasteiger charge is -2.13. The van der Waals surface area contributed by atoms with Gasteiger partial charge in [0.2, 0.25) is 0 Å². The lowest BCUT2D eigenvalue weighted by molar-refractivity contribution is -0.137. The van der Waals surface area contributed by atoms with E-state index in [1.807, 2.05) is 13.8 Å². The average Bonchev–Trinajstić information content (AvgIpc) is 2.40. The molecular formula is C16H16F3NO. The van der Waals surface area contributed by atoms with Gasteiger partial charge in [0.1, 0.15) is 5.75 Å². The van der Waals surface area contributed by atoms with Crippen LogP contribution >= 0.6 is 0 Å². The van der Waals surface area contributed by atoms with Crippen LogP contribution in [0.2, 0.25) is 0 Å². The molecule has 0 saturated heterocycles. The van der Waals surface area contributed by atoms with Gasteiger partial charge in [-0.15, -0.1) is 0 Å². The Bertz CT molecular complexity index is 618. The first kappa shape index (κ1) is 15.2. The van der Waals surface area contributed by atoms with Gasteiger partial charge in [0, 0.05) is 0 Å². The fourth-order valence-electron chi connectivity index (χ4n) is 1.94. The molecule has 0 aliphatic rings. The number of hydrogen-bond donors (Lipinski definition) is 1. The van der Waals surface area contributed by atoms with Gasteiger partial charge in [-0.1, -0.05) is 18.2 Å². The molecule has 112 valence electrons. The summed E-state index contributed by atoms with van der Waals surface area (Å²) in [6.07, 6.45) is -4.32. The van der Waals surface area contributed by atoms with Crippen LogP contribution in [0, 0.1) is 0 Å². The molecule has 0 spiro atoms. The molecule has 0 atom stereocenters. The second-order valence-corrected chi connectivity index (χ2v) is 4.99. The van der Waals surface area contributed by atoms with Gasteiger partial charge in [-0.2, -0.15) is 13.2 Å². The molecule has 0 heterocycles. The molecule has 0 fully saturated rings. The predicted octanol–water partition coefficient (Wildman–Crippen LogP) is 4.74. The second-order valence-electron chi connectivity index (χ2n) is 4.99. The molecule has 0 saturated carbocycles. The zero-order chi connectivity index (χ0) is 15.6. The molecule has 0 aliphatic carbocycles. The van der Waals surface area contributed by atoms with Gasteiger partial charge < -0.3 is 10.5 Å². The molecule has 0 aromatic heterocycles. The molecule has 0 unspecified atom stereocenters. The number of nitrogen functional groups attached to an aromatic ring is 1. The van der Waals surface area contributed by atoms with Crippen molar-refractivity contribution in [3.05, 3.63) is 48.0 Å². The minimum atomic E-state index is -4.33. The van der Waals surface area contributed by atoms with Gasteiger partial charge in [-0.3, -0.25) is 0 Å². The van der Waals surface area contributed by atoms with E-state index in [9.17, 15) is 13.2 Å². The number of halogens is 3. The van der Waals surface area contributed by atoms with Crippen molar-refractivity contribution in [2.75, 3.05) is 5.73 Å². The highest BCUT2D eigenvalue weighted by atomic mass is 19.4. The van der Waals surface area contributed by atoms with E-state index < -0.39 is 11.7 Å². The van der Waals surface area contributed by atoms with Crippen LogP contribution in [0.15, 0.2) is 42.5 Å². The summed E-state index contributed by atoms with van der Waals surface area (Å²) in [6, 6.07) is 10.2. The maximum Gasteiger partial charge on any atom is 0.416 e. The van der Waals surface area contributed by atoms with E-state index in [1.165, 1.54) is 12.1 Å². The quantitative estimate of drug-likeness (QED) is 0.830. The summed E-state index contributed by atoms with van der Waals surface area (Å²) in [6.45, 7) is 3.78. The van der Waals surface area contributed by atoms with Crippen LogP contribution in [-0.4, -0.2) is 6.10 Å². The maximum atomic E-state index is 12.5. The Kier molecular flexibility index (Phi) is 4.11. The first-order valence-corrected chi connectivity index (χ1v) is 6.51. The normalized spacial score (nSPS) is 11.7. The zero-order valence-electron chi connectivity index (χ0n) is 11.7. The molecule has 0 bridgehead atoms. The third-order valence-corrected chi connectivity index (χ3v) is 2.92. The average molecular weight is 295 g/mol. The van der Waals surface area contributed by atoms with Crippen LogP contribution in [0.1, 0.15) is 19.4 Å². The van der Waals surface area contributed by atoms with Gasteiger partial charge in [0.15, 0.2) is 0 Å². The Morgan fingerprint density at radius 2 is 1.52 bits per heavy atom. The second kappa shape index (κ2) is 5.68. The Morgan fingerprint density at radius 1 is 0.952 bits per heavy atom. The fraction of sp³-hybridized carbons (Fsp3) is 0.250. The first-order valence-electron chi connectivity index (χ1n) is 6.51. The molecule has 2 N–H and O–H groups in total. The van der Waals surface area contributed by atoms with Crippen molar-refractivity contribution in [1.29, 1.82) is 0 Å². The fourth-order valence-corrected chi connectivity index (χ4v) is 1.94. The summed E-state index contributed by atoms with van der Waals surface area (Å²) in [5.74, 6) is 0.570. The molecule has 2 nitrogen and oxygen atoms in total. The monoisotopic (exact) mass is 295 g/mol. The minimum Gasteiger partial charge on any atom is -0.489 e. The van der Waals surface area contributed by atoms with Gasteiger partial charge >= 0.3 is 6.18 Å². The molecular weight excluding hydrogens is 279 g/mol. The van der Waals surface area contributed by atoms with Gasteiger partial charge in [-0.05, 0) is 49.2 Å². The molecule has 2 rings (SSSR count). The van der Waals surface area contributed by atoms with Crippen LogP contribution in [0.25, 0.3) is 11.1 Å². The van der Waals surface area contributed by atoms with E-state index in [0.717, 1.165) is 17.7 Å². The van der Waals surface area contributed by atoms with E-state index in [0.29, 0.717) is 17.0 Å². The Morgan fingerprint density at radius 3 is 2.00 bits per heavy atom. The molecule has 2 aromatic carbocycles. The summed E-state index contributed by atoms with van der Waals surface area (Å²) < 4.78 is 43.1. The minimum absolute atomic E-state index is 0.00391. The van der Waals surface area contributed by atoms with Gasteiger partial charge in [-0.25, -0.2) is 0 Å². The summed E-state index contributed by atoms with van der Waals surface area (Å²) in [5.41, 5.74) is 7.11. The van der Waals surface area contributed by atoms with E-state index in [1.54, 1.807) is 18.2 Å². The number of nitrogens with two attached hydrogens (primary N) is 1. The third kappa shape index (κ3) is 3.68. The summed E-state index contributed by atoms with van der Waals surface area (Å²) in [5, 5.41) is 0. The lowest BCUT2D eigenvalue weighted by Crippen LogP contribution is -2.07. The van der Waals surface area contributed by atoms with Crippen LogP contribution in [0.4, 0.5) is 18.9 Å². The number of anilines is 1. The predicted molar refractivity (Wildman–Crippen MR) is 77.1 cm³/mol. The van der Waals surface area contributed by atoms with Crippen LogP contribution in [0.3, 0.4) is 0 Å². The van der Waals surface area contributed by atoms with Crippen LogP contribution in [0.5, 0.6) is 5.75 Å². The standard InChI is InChI=1S/C16H16F3NO/c1-10(2)21-15-8-5-12(9-14(15)20)11-3-6-13(7-4-11)16(17,18)19/h3-10H,20H2,1-2H3. The number of alkyl halides is 3. The van der Waals surface area contributed by atoms with Crippen molar-refractivity contribution in [2.45, 2.75) is 26.1 Å². The van der Waals surface area contributed by atoms with Crippen molar-refractivity contribution in [2.24, 2.45) is 0 Å². The van der Waals surface area contributed by atoms with Gasteiger partial charge in [0.25, 0.3) is 0 Å². The van der Waals surface area contributed by atoms with Crippen molar-refractivity contribution < 1.29 is 17.9 Å². The smallest absolute Gasteiger partial charge is 0.416 e. The lowest BCUT2D eigenvalue weighted by atomic mass is 10.0. The topological polar surface area (TPSA) is 35.2 Å². The number of ether oxygens (including phenoxy) is 1. The maximum absolute atomic E-state index is 12.5. The summed E-state index contributed by atoms with van der Waals surface area (Å²) in [4.78, 5) is 0. The highest BCUT2D eigenvalue weighted by Gasteiger charge is 2.29. The number of hydrogen-bond acceptors (Lipinski definition) is 2. The van der Waals surface area contributed by atoms with E-state index >= 15 is 0 Å². The summed E-state index contributed by atoms with van der Waals surface area (Å²) in [7, 11) is 0. The largest absolute Gasteiger partial charge is 0.489 e. The summed E-state index contributed by atoms with van der Waals surface area (Å²) >= 11 is 0. The Balaban J connectivity index is 2.28. The van der Waals surface area contributed by atoms with Crippen molar-refractivity contribution in [3.63, 3.8) is 0 Å². The highest BCUT2D eigenvalue weighted by molar-refractivity contribution is 5.70. The van der Waals surface area contributed by atoms with Crippen LogP contribution in [-0.2, 0) is 6.18 Å². The highest BCUT2D eigenvalue weighted by Crippen LogP contribution is 2.33. The van der Waals surface area contributed by atoms with Gasteiger partial charge in [0.05, 0.1) is 17.4 Å². The zero-order valence-corrected chi connectivity index (χ0v) is 11.7. The van der Waals surface area contributed by atoms with E-state index in [-0.39, 0.29) is 6.10 Å². The molecule has 0 aliphatic heterocycles. The van der Waals surface area contributed by atoms with E-state index in [4.69, 9.17) is 10.5 Å². The number of benzene rings is 2. The Hall–Kier alpha value is -2.17. The van der Waals surface area contributed by atoms with E-state index in [2.05, 4.69) is 0 Å². The number of rotatable bonds is 3. The van der Waals surface area contributed by atoms with Crippen LogP contribution < -0.4 is 10.5 Å². The third-order valence-electron chi connectivity index (χ3n) is 2.92. The first-order chi connectivity index (χ1) is 9.77. The molecule has 0 radical (unpaired) electrons. The van der Waals surface area contributed by atoms with Crippen molar-refractivity contribution in [3.8, 4) is 16.9 Å². The van der Waals surface area contributed by atoms with Crippen molar-refractivity contribution >= 4 is 5.69 Å². The molecule has 5 heteroatoms. The molecule has 21 heavy (non-hydrogen) atoms. The molecule has 2 aromatic rings. The Labute approximate surface area is 121 Å².